The van der Waals surface area contributed by atoms with Crippen molar-refractivity contribution in [3.05, 3.63) is 46.7 Å². The van der Waals surface area contributed by atoms with Crippen LogP contribution in [0.3, 0.4) is 0 Å². The van der Waals surface area contributed by atoms with E-state index in [1.807, 2.05) is 28.8 Å². The first-order chi connectivity index (χ1) is 11.6. The molecule has 0 radical (unpaired) electrons. The van der Waals surface area contributed by atoms with Crippen LogP contribution in [0.2, 0.25) is 5.02 Å². The Bertz CT molecular complexity index is 661. The van der Waals surface area contributed by atoms with E-state index < -0.39 is 0 Å². The maximum Gasteiger partial charge on any atom is 0.230 e. The Labute approximate surface area is 150 Å². The Balaban J connectivity index is 1.99. The number of halogens is 1. The predicted octanol–water partition coefficient (Wildman–Crippen LogP) is 1.93. The second-order valence-electron chi connectivity index (χ2n) is 5.06. The molecule has 0 saturated carbocycles. The van der Waals surface area contributed by atoms with E-state index >= 15 is 0 Å². The number of aromatic nitrogens is 2. The largest absolute Gasteiger partial charge is 0.390 e. The molecule has 2 N–H and O–H groups in total. The highest BCUT2D eigenvalue weighted by Gasteiger charge is 2.11. The summed E-state index contributed by atoms with van der Waals surface area (Å²) in [5.74, 6) is 0.176. The number of amides is 1. The molecule has 24 heavy (non-hydrogen) atoms. The summed E-state index contributed by atoms with van der Waals surface area (Å²) < 4.78 is 6.81. The highest BCUT2D eigenvalue weighted by atomic mass is 35.5. The standard InChI is InChI=1S/C16H20ClN3O3S/c1-23-7-6-18-15(22)11-24-16-19-14(10-21)9-20(16)8-12-2-4-13(17)5-3-12/h2-5,9,21H,6-8,10-11H2,1H3,(H,18,22). The molecule has 0 aliphatic rings. The number of hydrogen-bond acceptors (Lipinski definition) is 5. The van der Waals surface area contributed by atoms with E-state index in [4.69, 9.17) is 16.3 Å². The number of ether oxygens (including phenoxy) is 1. The summed E-state index contributed by atoms with van der Waals surface area (Å²) in [6.07, 6.45) is 1.79. The van der Waals surface area contributed by atoms with Gasteiger partial charge in [0, 0.05) is 31.4 Å². The number of carbonyl (C=O) groups is 1. The van der Waals surface area contributed by atoms with E-state index in [2.05, 4.69) is 10.3 Å². The summed E-state index contributed by atoms with van der Waals surface area (Å²) in [6.45, 7) is 1.42. The van der Waals surface area contributed by atoms with E-state index in [1.54, 1.807) is 13.3 Å². The fourth-order valence-electron chi connectivity index (χ4n) is 2.02. The molecule has 130 valence electrons. The molecule has 0 atom stereocenters. The molecule has 2 aromatic rings. The van der Waals surface area contributed by atoms with Gasteiger partial charge in [0.05, 0.1) is 24.7 Å². The lowest BCUT2D eigenvalue weighted by atomic mass is 10.2. The van der Waals surface area contributed by atoms with Crippen LogP contribution in [-0.2, 0) is 22.7 Å². The van der Waals surface area contributed by atoms with E-state index in [-0.39, 0.29) is 18.3 Å². The predicted molar refractivity (Wildman–Crippen MR) is 94.3 cm³/mol. The second-order valence-corrected chi connectivity index (χ2v) is 6.44. The Morgan fingerprint density at radius 2 is 2.17 bits per heavy atom. The molecule has 1 aromatic heterocycles. The van der Waals surface area contributed by atoms with Gasteiger partial charge in [0.25, 0.3) is 0 Å². The molecule has 0 bridgehead atoms. The van der Waals surface area contributed by atoms with Gasteiger partial charge >= 0.3 is 0 Å². The molecule has 0 spiro atoms. The summed E-state index contributed by atoms with van der Waals surface area (Å²) in [6, 6.07) is 7.54. The zero-order chi connectivity index (χ0) is 17.4. The summed E-state index contributed by atoms with van der Waals surface area (Å²) in [7, 11) is 1.59. The monoisotopic (exact) mass is 369 g/mol. The van der Waals surface area contributed by atoms with Crippen molar-refractivity contribution in [3.63, 3.8) is 0 Å². The molecule has 1 amide bonds. The number of nitrogens with one attached hydrogen (secondary N) is 1. The number of methoxy groups -OCH3 is 1. The van der Waals surface area contributed by atoms with Gasteiger partial charge in [-0.3, -0.25) is 4.79 Å². The SMILES string of the molecule is COCCNC(=O)CSc1nc(CO)cn1Cc1ccc(Cl)cc1. The molecule has 8 heteroatoms. The number of aliphatic hydroxyl groups excluding tert-OH is 1. The maximum atomic E-state index is 11.8. The van der Waals surface area contributed by atoms with Gasteiger partial charge in [0.1, 0.15) is 0 Å². The van der Waals surface area contributed by atoms with Crippen LogP contribution in [-0.4, -0.2) is 46.6 Å². The van der Waals surface area contributed by atoms with Gasteiger partial charge in [0.15, 0.2) is 5.16 Å². The zero-order valence-corrected chi connectivity index (χ0v) is 14.9. The molecule has 1 heterocycles. The van der Waals surface area contributed by atoms with Gasteiger partial charge in [-0.25, -0.2) is 4.98 Å². The number of nitrogens with zero attached hydrogens (tertiary/aromatic N) is 2. The van der Waals surface area contributed by atoms with Crippen molar-refractivity contribution >= 4 is 29.3 Å². The van der Waals surface area contributed by atoms with Gasteiger partial charge in [-0.1, -0.05) is 35.5 Å². The Morgan fingerprint density at radius 1 is 1.42 bits per heavy atom. The summed E-state index contributed by atoms with van der Waals surface area (Å²) in [5, 5.41) is 13.4. The minimum absolute atomic E-state index is 0.0800. The van der Waals surface area contributed by atoms with Crippen molar-refractivity contribution in [2.45, 2.75) is 18.3 Å². The number of benzene rings is 1. The number of rotatable bonds is 9. The van der Waals surface area contributed by atoms with Crippen molar-refractivity contribution in [1.29, 1.82) is 0 Å². The first-order valence-corrected chi connectivity index (χ1v) is 8.78. The van der Waals surface area contributed by atoms with Crippen LogP contribution in [0.25, 0.3) is 0 Å². The molecule has 0 saturated heterocycles. The third-order valence-corrected chi connectivity index (χ3v) is 4.42. The van der Waals surface area contributed by atoms with Crippen LogP contribution < -0.4 is 5.32 Å². The Morgan fingerprint density at radius 3 is 2.83 bits per heavy atom. The number of imidazole rings is 1. The average molecular weight is 370 g/mol. The van der Waals surface area contributed by atoms with Gasteiger partial charge in [0.2, 0.25) is 5.91 Å². The molecule has 0 unspecified atom stereocenters. The molecular formula is C16H20ClN3O3S. The van der Waals surface area contributed by atoms with Crippen molar-refractivity contribution in [2.75, 3.05) is 26.0 Å². The normalized spacial score (nSPS) is 10.8. The number of aliphatic hydroxyl groups is 1. The third kappa shape index (κ3) is 5.83. The highest BCUT2D eigenvalue weighted by Crippen LogP contribution is 2.20. The fourth-order valence-corrected chi connectivity index (χ4v) is 2.97. The lowest BCUT2D eigenvalue weighted by Gasteiger charge is -2.08. The summed E-state index contributed by atoms with van der Waals surface area (Å²) in [5.41, 5.74) is 1.64. The van der Waals surface area contributed by atoms with Crippen molar-refractivity contribution in [3.8, 4) is 0 Å². The lowest BCUT2D eigenvalue weighted by molar-refractivity contribution is -0.118. The van der Waals surface area contributed by atoms with Crippen LogP contribution in [0.5, 0.6) is 0 Å². The molecule has 0 fully saturated rings. The second kappa shape index (κ2) is 9.68. The van der Waals surface area contributed by atoms with Gasteiger partial charge < -0.3 is 19.7 Å². The van der Waals surface area contributed by atoms with Crippen molar-refractivity contribution < 1.29 is 14.6 Å². The van der Waals surface area contributed by atoms with E-state index in [0.29, 0.717) is 35.6 Å². The van der Waals surface area contributed by atoms with Crippen molar-refractivity contribution in [2.24, 2.45) is 0 Å². The summed E-state index contributed by atoms with van der Waals surface area (Å²) >= 11 is 7.23. The molecule has 1 aromatic carbocycles. The van der Waals surface area contributed by atoms with Gasteiger partial charge in [-0.15, -0.1) is 0 Å². The van der Waals surface area contributed by atoms with Crippen LogP contribution in [0.4, 0.5) is 0 Å². The number of thioether (sulfide) groups is 1. The van der Waals surface area contributed by atoms with Crippen LogP contribution in [0, 0.1) is 0 Å². The van der Waals surface area contributed by atoms with E-state index in [1.165, 1.54) is 11.8 Å². The van der Waals surface area contributed by atoms with Crippen LogP contribution in [0.15, 0.2) is 35.6 Å². The van der Waals surface area contributed by atoms with Gasteiger partial charge in [-0.05, 0) is 17.7 Å². The fraction of sp³-hybridized carbons (Fsp3) is 0.375. The third-order valence-electron chi connectivity index (χ3n) is 3.18. The molecule has 0 aliphatic carbocycles. The summed E-state index contributed by atoms with van der Waals surface area (Å²) in [4.78, 5) is 16.1. The Kier molecular flexibility index (Phi) is 7.58. The molecular weight excluding hydrogens is 350 g/mol. The topological polar surface area (TPSA) is 76.4 Å². The lowest BCUT2D eigenvalue weighted by Crippen LogP contribution is -2.28. The Hall–Kier alpha value is -1.54. The minimum atomic E-state index is -0.138. The first kappa shape index (κ1) is 18.8. The molecule has 0 aliphatic heterocycles. The smallest absolute Gasteiger partial charge is 0.230 e. The van der Waals surface area contributed by atoms with E-state index in [0.717, 1.165) is 5.56 Å². The highest BCUT2D eigenvalue weighted by molar-refractivity contribution is 7.99. The average Bonchev–Trinajstić information content (AvgIpc) is 2.97. The molecule has 6 nitrogen and oxygen atoms in total. The quantitative estimate of drug-likeness (QED) is 0.521. The first-order valence-electron chi connectivity index (χ1n) is 7.42. The van der Waals surface area contributed by atoms with Gasteiger partial charge in [-0.2, -0.15) is 0 Å². The maximum absolute atomic E-state index is 11.8. The number of carbonyl (C=O) groups excluding carboxylic acids is 1. The molecule has 2 rings (SSSR count). The number of hydrogen-bond donors (Lipinski definition) is 2. The minimum Gasteiger partial charge on any atom is -0.390 e. The van der Waals surface area contributed by atoms with Crippen LogP contribution >= 0.6 is 23.4 Å². The van der Waals surface area contributed by atoms with E-state index in [9.17, 15) is 9.90 Å². The van der Waals surface area contributed by atoms with Crippen LogP contribution in [0.1, 0.15) is 11.3 Å². The van der Waals surface area contributed by atoms with Crippen molar-refractivity contribution in [1.82, 2.24) is 14.9 Å². The zero-order valence-electron chi connectivity index (χ0n) is 13.4.